The van der Waals surface area contributed by atoms with Gasteiger partial charge in [-0.25, -0.2) is 0 Å². The highest BCUT2D eigenvalue weighted by Gasteiger charge is 2.07. The maximum absolute atomic E-state index is 12.1. The zero-order valence-corrected chi connectivity index (χ0v) is 16.2. The van der Waals surface area contributed by atoms with Crippen molar-refractivity contribution in [3.8, 4) is 11.5 Å². The van der Waals surface area contributed by atoms with Crippen LogP contribution in [0.1, 0.15) is 17.5 Å². The molecule has 0 saturated heterocycles. The number of anilines is 1. The molecule has 0 spiro atoms. The first-order chi connectivity index (χ1) is 12.8. The Kier molecular flexibility index (Phi) is 7.23. The van der Waals surface area contributed by atoms with Crippen LogP contribution >= 0.6 is 0 Å². The number of amides is 2. The monoisotopic (exact) mass is 370 g/mol. The average Bonchev–Trinajstić information content (AvgIpc) is 2.63. The van der Waals surface area contributed by atoms with Gasteiger partial charge in [0.1, 0.15) is 11.5 Å². The van der Waals surface area contributed by atoms with Gasteiger partial charge < -0.3 is 19.7 Å². The molecule has 2 amide bonds. The van der Waals surface area contributed by atoms with Crippen molar-refractivity contribution in [2.75, 3.05) is 32.6 Å². The number of benzene rings is 2. The molecule has 1 N–H and O–H groups in total. The maximum atomic E-state index is 12.1. The highest BCUT2D eigenvalue weighted by molar-refractivity contribution is 5.90. The molecule has 0 aliphatic carbocycles. The van der Waals surface area contributed by atoms with E-state index < -0.39 is 0 Å². The average molecular weight is 370 g/mol. The molecule has 144 valence electrons. The third-order valence-electron chi connectivity index (χ3n) is 3.93. The van der Waals surface area contributed by atoms with Gasteiger partial charge in [-0.05, 0) is 55.3 Å². The number of aryl methyl sites for hydroxylation is 2. The summed E-state index contributed by atoms with van der Waals surface area (Å²) in [5.74, 6) is 1.13. The van der Waals surface area contributed by atoms with E-state index in [1.54, 1.807) is 38.4 Å². The number of likely N-dealkylation sites (N-methyl/N-ethyl adjacent to an activating group) is 1. The van der Waals surface area contributed by atoms with Crippen molar-refractivity contribution in [2.24, 2.45) is 0 Å². The summed E-state index contributed by atoms with van der Waals surface area (Å²) in [5, 5.41) is 2.81. The highest BCUT2D eigenvalue weighted by Crippen LogP contribution is 2.19. The van der Waals surface area contributed by atoms with Gasteiger partial charge in [0.05, 0.1) is 13.0 Å². The molecule has 0 saturated carbocycles. The number of nitrogens with one attached hydrogen (secondary N) is 1. The van der Waals surface area contributed by atoms with E-state index in [2.05, 4.69) is 5.32 Å². The van der Waals surface area contributed by atoms with Crippen molar-refractivity contribution >= 4 is 17.5 Å². The van der Waals surface area contributed by atoms with Crippen molar-refractivity contribution in [3.63, 3.8) is 0 Å². The van der Waals surface area contributed by atoms with Gasteiger partial charge in [0, 0.05) is 19.8 Å². The number of ether oxygens (including phenoxy) is 2. The van der Waals surface area contributed by atoms with Crippen molar-refractivity contribution in [3.05, 3.63) is 53.6 Å². The van der Waals surface area contributed by atoms with Crippen molar-refractivity contribution in [1.29, 1.82) is 0 Å². The van der Waals surface area contributed by atoms with Crippen molar-refractivity contribution in [2.45, 2.75) is 20.3 Å². The SMILES string of the molecule is Cc1ccc(C)c(OCCC(=O)Nc2ccc(OCC(=O)N(C)C)cc2)c1. The van der Waals surface area contributed by atoms with Crippen LogP contribution in [0.4, 0.5) is 5.69 Å². The lowest BCUT2D eigenvalue weighted by atomic mass is 10.1. The van der Waals surface area contributed by atoms with Gasteiger partial charge in [0.25, 0.3) is 5.91 Å². The van der Waals surface area contributed by atoms with E-state index in [-0.39, 0.29) is 24.8 Å². The Bertz CT molecular complexity index is 785. The second-order valence-corrected chi connectivity index (χ2v) is 6.52. The zero-order chi connectivity index (χ0) is 19.8. The molecule has 27 heavy (non-hydrogen) atoms. The molecular weight excluding hydrogens is 344 g/mol. The third kappa shape index (κ3) is 6.66. The van der Waals surface area contributed by atoms with Gasteiger partial charge >= 0.3 is 0 Å². The Morgan fingerprint density at radius 3 is 2.37 bits per heavy atom. The lowest BCUT2D eigenvalue weighted by molar-refractivity contribution is -0.130. The molecule has 2 aromatic rings. The standard InChI is InChI=1S/C21H26N2O4/c1-15-5-6-16(2)19(13-15)26-12-11-20(24)22-17-7-9-18(10-8-17)27-14-21(25)23(3)4/h5-10,13H,11-12,14H2,1-4H3,(H,22,24). The first kappa shape index (κ1) is 20.3. The third-order valence-corrected chi connectivity index (χ3v) is 3.93. The molecule has 0 fully saturated rings. The van der Waals surface area contributed by atoms with Crippen LogP contribution in [-0.4, -0.2) is 44.0 Å². The van der Waals surface area contributed by atoms with E-state index >= 15 is 0 Å². The molecule has 2 aromatic carbocycles. The van der Waals surface area contributed by atoms with Crippen molar-refractivity contribution in [1.82, 2.24) is 4.90 Å². The van der Waals surface area contributed by atoms with Crippen LogP contribution in [0, 0.1) is 13.8 Å². The van der Waals surface area contributed by atoms with Crippen LogP contribution in [0.2, 0.25) is 0 Å². The zero-order valence-electron chi connectivity index (χ0n) is 16.2. The summed E-state index contributed by atoms with van der Waals surface area (Å²) in [6, 6.07) is 12.9. The molecule has 6 heteroatoms. The van der Waals surface area contributed by atoms with E-state index in [0.29, 0.717) is 18.0 Å². The molecule has 0 bridgehead atoms. The van der Waals surface area contributed by atoms with Gasteiger partial charge in [-0.1, -0.05) is 12.1 Å². The molecule has 2 rings (SSSR count). The van der Waals surface area contributed by atoms with Crippen molar-refractivity contribution < 1.29 is 19.1 Å². The normalized spacial score (nSPS) is 10.2. The number of hydrogen-bond acceptors (Lipinski definition) is 4. The number of nitrogens with zero attached hydrogens (tertiary/aromatic N) is 1. The summed E-state index contributed by atoms with van der Waals surface area (Å²) in [5.41, 5.74) is 2.83. The van der Waals surface area contributed by atoms with E-state index in [1.165, 1.54) is 4.90 Å². The number of carbonyl (C=O) groups is 2. The van der Waals surface area contributed by atoms with Crippen LogP contribution in [0.3, 0.4) is 0 Å². The summed E-state index contributed by atoms with van der Waals surface area (Å²) >= 11 is 0. The topological polar surface area (TPSA) is 67.9 Å². The minimum atomic E-state index is -0.128. The lowest BCUT2D eigenvalue weighted by Crippen LogP contribution is -2.27. The molecule has 0 aromatic heterocycles. The van der Waals surface area contributed by atoms with Gasteiger partial charge in [-0.2, -0.15) is 0 Å². The van der Waals surface area contributed by atoms with Gasteiger partial charge in [-0.3, -0.25) is 9.59 Å². The minimum Gasteiger partial charge on any atom is -0.493 e. The van der Waals surface area contributed by atoms with Gasteiger partial charge in [-0.15, -0.1) is 0 Å². The predicted molar refractivity (Wildman–Crippen MR) is 105 cm³/mol. The second-order valence-electron chi connectivity index (χ2n) is 6.52. The van der Waals surface area contributed by atoms with Crippen LogP contribution < -0.4 is 14.8 Å². The summed E-state index contributed by atoms with van der Waals surface area (Å²) in [6.45, 7) is 4.27. The van der Waals surface area contributed by atoms with E-state index in [0.717, 1.165) is 16.9 Å². The van der Waals surface area contributed by atoms with E-state index in [4.69, 9.17) is 9.47 Å². The highest BCUT2D eigenvalue weighted by atomic mass is 16.5. The first-order valence-corrected chi connectivity index (χ1v) is 8.78. The Hall–Kier alpha value is -3.02. The molecule has 0 radical (unpaired) electrons. The Morgan fingerprint density at radius 1 is 1.00 bits per heavy atom. The van der Waals surface area contributed by atoms with Crippen LogP contribution in [-0.2, 0) is 9.59 Å². The molecule has 0 atom stereocenters. The van der Waals surface area contributed by atoms with Gasteiger partial charge in [0.2, 0.25) is 5.91 Å². The van der Waals surface area contributed by atoms with Gasteiger partial charge in [0.15, 0.2) is 6.61 Å². The molecule has 0 heterocycles. The number of hydrogen-bond donors (Lipinski definition) is 1. The Morgan fingerprint density at radius 2 is 1.70 bits per heavy atom. The summed E-state index contributed by atoms with van der Waals surface area (Å²) in [6.07, 6.45) is 0.253. The first-order valence-electron chi connectivity index (χ1n) is 8.78. The Balaban J connectivity index is 1.77. The maximum Gasteiger partial charge on any atom is 0.259 e. The lowest BCUT2D eigenvalue weighted by Gasteiger charge is -2.12. The fourth-order valence-corrected chi connectivity index (χ4v) is 2.25. The largest absolute Gasteiger partial charge is 0.493 e. The van der Waals surface area contributed by atoms with E-state index in [9.17, 15) is 9.59 Å². The van der Waals surface area contributed by atoms with E-state index in [1.807, 2.05) is 32.0 Å². The summed E-state index contributed by atoms with van der Waals surface area (Å²) < 4.78 is 11.1. The van der Waals surface area contributed by atoms with Crippen LogP contribution in [0.25, 0.3) is 0 Å². The fraction of sp³-hybridized carbons (Fsp3) is 0.333. The predicted octanol–water partition coefficient (Wildman–Crippen LogP) is 3.18. The molecule has 0 aliphatic rings. The molecule has 0 aliphatic heterocycles. The van der Waals surface area contributed by atoms with Crippen LogP contribution in [0.15, 0.2) is 42.5 Å². The number of rotatable bonds is 8. The minimum absolute atomic E-state index is 0.0194. The number of carbonyl (C=O) groups excluding carboxylic acids is 2. The Labute approximate surface area is 160 Å². The molecular formula is C21H26N2O4. The smallest absolute Gasteiger partial charge is 0.259 e. The quantitative estimate of drug-likeness (QED) is 0.775. The summed E-state index contributed by atoms with van der Waals surface area (Å²) in [4.78, 5) is 25.0. The second kappa shape index (κ2) is 9.62. The molecule has 0 unspecified atom stereocenters. The van der Waals surface area contributed by atoms with Crippen LogP contribution in [0.5, 0.6) is 11.5 Å². The molecule has 6 nitrogen and oxygen atoms in total. The fourth-order valence-electron chi connectivity index (χ4n) is 2.25. The summed E-state index contributed by atoms with van der Waals surface area (Å²) in [7, 11) is 3.35.